The lowest BCUT2D eigenvalue weighted by atomic mass is 9.94. The molecule has 0 radical (unpaired) electrons. The molecule has 2 atom stereocenters. The van der Waals surface area contributed by atoms with Crippen LogP contribution in [-0.4, -0.2) is 38.7 Å². The van der Waals surface area contributed by atoms with Gasteiger partial charge in [-0.2, -0.15) is 0 Å². The molecule has 7 nitrogen and oxygen atoms in total. The van der Waals surface area contributed by atoms with E-state index in [2.05, 4.69) is 53.6 Å². The zero-order chi connectivity index (χ0) is 17.2. The number of nitrogens with zero attached hydrogens (tertiary/aromatic N) is 4. The van der Waals surface area contributed by atoms with Gasteiger partial charge in [-0.3, -0.25) is 5.43 Å². The van der Waals surface area contributed by atoms with E-state index in [9.17, 15) is 0 Å². The average molecular weight is 350 g/mol. The van der Waals surface area contributed by atoms with Gasteiger partial charge in [-0.05, 0) is 26.3 Å². The van der Waals surface area contributed by atoms with Gasteiger partial charge in [0.15, 0.2) is 0 Å². The minimum Gasteiger partial charge on any atom is -0.444 e. The van der Waals surface area contributed by atoms with Crippen LogP contribution in [0, 0.1) is 0 Å². The van der Waals surface area contributed by atoms with Crippen molar-refractivity contribution < 1.29 is 4.42 Å². The van der Waals surface area contributed by atoms with Crippen molar-refractivity contribution in [3.8, 4) is 0 Å². The first-order valence-corrected chi connectivity index (χ1v) is 9.40. The van der Waals surface area contributed by atoms with E-state index in [1.807, 2.05) is 6.20 Å². The van der Waals surface area contributed by atoms with Crippen molar-refractivity contribution in [2.75, 3.05) is 12.0 Å². The van der Waals surface area contributed by atoms with E-state index in [1.165, 1.54) is 6.42 Å². The Labute approximate surface area is 146 Å². The molecule has 0 unspecified atom stereocenters. The second kappa shape index (κ2) is 7.14. The molecule has 2 N–H and O–H groups in total. The summed E-state index contributed by atoms with van der Waals surface area (Å²) >= 11 is 1.57. The summed E-state index contributed by atoms with van der Waals surface area (Å²) in [7, 11) is 0. The SMILES string of the molecule is C[C@H]1NCCC[C@H]1Nn1ncc(SCc2ncc(C(C)(C)C)o2)n1. The molecule has 2 aromatic heterocycles. The first-order chi connectivity index (χ1) is 11.4. The van der Waals surface area contributed by atoms with Crippen LogP contribution in [0.15, 0.2) is 21.8 Å². The predicted molar refractivity (Wildman–Crippen MR) is 94.6 cm³/mol. The van der Waals surface area contributed by atoms with Gasteiger partial charge in [0.05, 0.1) is 24.2 Å². The summed E-state index contributed by atoms with van der Waals surface area (Å²) < 4.78 is 5.80. The summed E-state index contributed by atoms with van der Waals surface area (Å²) in [6.07, 6.45) is 5.88. The molecule has 24 heavy (non-hydrogen) atoms. The maximum absolute atomic E-state index is 5.80. The Hall–Kier alpha value is -1.54. The fraction of sp³-hybridized carbons (Fsp3) is 0.688. The number of piperidine rings is 1. The summed E-state index contributed by atoms with van der Waals surface area (Å²) in [4.78, 5) is 5.92. The number of hydrogen-bond donors (Lipinski definition) is 2. The second-order valence-electron chi connectivity index (χ2n) is 7.25. The fourth-order valence-corrected chi connectivity index (χ4v) is 3.27. The molecule has 0 spiro atoms. The molecular weight excluding hydrogens is 324 g/mol. The number of nitrogens with one attached hydrogen (secondary N) is 2. The van der Waals surface area contributed by atoms with Crippen LogP contribution in [-0.2, 0) is 11.2 Å². The molecule has 8 heteroatoms. The molecule has 0 aromatic carbocycles. The van der Waals surface area contributed by atoms with Gasteiger partial charge in [0.25, 0.3) is 0 Å². The molecule has 0 amide bonds. The fourth-order valence-electron chi connectivity index (χ4n) is 2.61. The molecule has 0 aliphatic carbocycles. The zero-order valence-corrected chi connectivity index (χ0v) is 15.6. The van der Waals surface area contributed by atoms with E-state index in [4.69, 9.17) is 4.42 Å². The van der Waals surface area contributed by atoms with Gasteiger partial charge in [-0.25, -0.2) is 4.98 Å². The van der Waals surface area contributed by atoms with Gasteiger partial charge in [0.2, 0.25) is 5.89 Å². The van der Waals surface area contributed by atoms with Crippen LogP contribution in [0.2, 0.25) is 0 Å². The zero-order valence-electron chi connectivity index (χ0n) is 14.7. The maximum Gasteiger partial charge on any atom is 0.204 e. The van der Waals surface area contributed by atoms with E-state index in [1.54, 1.807) is 22.9 Å². The summed E-state index contributed by atoms with van der Waals surface area (Å²) in [5, 5.41) is 13.1. The third-order valence-corrected chi connectivity index (χ3v) is 5.02. The normalized spacial score (nSPS) is 21.8. The molecule has 3 heterocycles. The van der Waals surface area contributed by atoms with Crippen LogP contribution >= 0.6 is 11.8 Å². The van der Waals surface area contributed by atoms with E-state index in [0.717, 1.165) is 29.6 Å². The Bertz CT molecular complexity index is 662. The van der Waals surface area contributed by atoms with Gasteiger partial charge in [-0.15, -0.1) is 10.2 Å². The minimum atomic E-state index is -0.0201. The first-order valence-electron chi connectivity index (χ1n) is 8.42. The number of rotatable bonds is 5. The lowest BCUT2D eigenvalue weighted by molar-refractivity contribution is 0.356. The largest absolute Gasteiger partial charge is 0.444 e. The van der Waals surface area contributed by atoms with Crippen molar-refractivity contribution in [2.24, 2.45) is 0 Å². The first kappa shape index (κ1) is 17.3. The van der Waals surface area contributed by atoms with Crippen LogP contribution < -0.4 is 10.7 Å². The van der Waals surface area contributed by atoms with Crippen LogP contribution in [0.5, 0.6) is 0 Å². The minimum absolute atomic E-state index is 0.0201. The van der Waals surface area contributed by atoms with Crippen molar-refractivity contribution in [1.82, 2.24) is 25.4 Å². The Morgan fingerprint density at radius 2 is 2.25 bits per heavy atom. The Morgan fingerprint density at radius 1 is 1.42 bits per heavy atom. The molecule has 132 valence electrons. The quantitative estimate of drug-likeness (QED) is 0.802. The van der Waals surface area contributed by atoms with Crippen LogP contribution in [0.4, 0.5) is 0 Å². The molecule has 1 aliphatic rings. The van der Waals surface area contributed by atoms with E-state index in [0.29, 0.717) is 17.8 Å². The van der Waals surface area contributed by atoms with Crippen molar-refractivity contribution in [3.05, 3.63) is 24.0 Å². The Kier molecular flexibility index (Phi) is 5.15. The highest BCUT2D eigenvalue weighted by Crippen LogP contribution is 2.25. The third-order valence-electron chi connectivity index (χ3n) is 4.15. The van der Waals surface area contributed by atoms with E-state index in [-0.39, 0.29) is 5.41 Å². The van der Waals surface area contributed by atoms with Gasteiger partial charge < -0.3 is 9.73 Å². The van der Waals surface area contributed by atoms with Crippen molar-refractivity contribution >= 4 is 11.8 Å². The number of oxazole rings is 1. The van der Waals surface area contributed by atoms with Gasteiger partial charge in [0, 0.05) is 11.5 Å². The highest BCUT2D eigenvalue weighted by Gasteiger charge is 2.22. The van der Waals surface area contributed by atoms with Gasteiger partial charge in [0.1, 0.15) is 10.8 Å². The topological polar surface area (TPSA) is 80.8 Å². The Balaban J connectivity index is 1.53. The summed E-state index contributed by atoms with van der Waals surface area (Å²) in [6.45, 7) is 9.61. The number of hydrogen-bond acceptors (Lipinski definition) is 7. The molecule has 1 fully saturated rings. The van der Waals surface area contributed by atoms with Crippen molar-refractivity contribution in [1.29, 1.82) is 0 Å². The Morgan fingerprint density at radius 3 is 2.96 bits per heavy atom. The number of thioether (sulfide) groups is 1. The maximum atomic E-state index is 5.80. The monoisotopic (exact) mass is 350 g/mol. The summed E-state index contributed by atoms with van der Waals surface area (Å²) in [5.41, 5.74) is 3.33. The van der Waals surface area contributed by atoms with Crippen molar-refractivity contribution in [2.45, 2.75) is 68.8 Å². The smallest absolute Gasteiger partial charge is 0.204 e. The van der Waals surface area contributed by atoms with Gasteiger partial charge in [-0.1, -0.05) is 37.4 Å². The molecule has 0 bridgehead atoms. The van der Waals surface area contributed by atoms with Crippen LogP contribution in [0.3, 0.4) is 0 Å². The van der Waals surface area contributed by atoms with E-state index < -0.39 is 0 Å². The molecule has 1 aliphatic heterocycles. The van der Waals surface area contributed by atoms with Gasteiger partial charge >= 0.3 is 0 Å². The highest BCUT2D eigenvalue weighted by atomic mass is 32.2. The summed E-state index contributed by atoms with van der Waals surface area (Å²) in [5.74, 6) is 2.27. The third kappa shape index (κ3) is 4.30. The molecule has 0 saturated carbocycles. The molecule has 1 saturated heterocycles. The number of aromatic nitrogens is 4. The van der Waals surface area contributed by atoms with E-state index >= 15 is 0 Å². The standard InChI is InChI=1S/C16H26N6OS/c1-11-12(6-5-7-17-11)20-22-19-9-15(21-22)24-10-14-18-8-13(23-14)16(2,3)4/h8-9,11-12,17,20H,5-7,10H2,1-4H3/t11-,12-/m1/s1. The van der Waals surface area contributed by atoms with Crippen molar-refractivity contribution in [3.63, 3.8) is 0 Å². The molecular formula is C16H26N6OS. The van der Waals surface area contributed by atoms with Crippen LogP contribution in [0.25, 0.3) is 0 Å². The second-order valence-corrected chi connectivity index (χ2v) is 8.25. The van der Waals surface area contributed by atoms with Crippen LogP contribution in [0.1, 0.15) is 52.2 Å². The average Bonchev–Trinajstić information content (AvgIpc) is 3.16. The molecule has 2 aromatic rings. The lowest BCUT2D eigenvalue weighted by Crippen LogP contribution is -2.49. The highest BCUT2D eigenvalue weighted by molar-refractivity contribution is 7.98. The predicted octanol–water partition coefficient (Wildman–Crippen LogP) is 2.54. The summed E-state index contributed by atoms with van der Waals surface area (Å²) in [6, 6.07) is 0.772. The lowest BCUT2D eigenvalue weighted by Gasteiger charge is -2.30. The molecule has 3 rings (SSSR count).